The molecule has 1 atom stereocenters. The Kier molecular flexibility index (Phi) is 5.17. The fourth-order valence-corrected chi connectivity index (χ4v) is 1.40. The summed E-state index contributed by atoms with van der Waals surface area (Å²) in [6.45, 7) is 1.58. The third-order valence-electron chi connectivity index (χ3n) is 2.37. The second-order valence-electron chi connectivity index (χ2n) is 3.64. The molecule has 0 saturated heterocycles. The maximum Gasteiger partial charge on any atom is 0.346 e. The quantitative estimate of drug-likeness (QED) is 0.740. The number of esters is 2. The first-order valence-electron chi connectivity index (χ1n) is 5.47. The molecule has 0 aliphatic carbocycles. The van der Waals surface area contributed by atoms with E-state index in [0.717, 1.165) is 0 Å². The first kappa shape index (κ1) is 14.0. The molecular formula is C13H16O5. The molecule has 0 aliphatic rings. The van der Waals surface area contributed by atoms with Gasteiger partial charge in [-0.2, -0.15) is 0 Å². The fourth-order valence-electron chi connectivity index (χ4n) is 1.40. The number of carbonyl (C=O) groups excluding carboxylic acids is 2. The van der Waals surface area contributed by atoms with Gasteiger partial charge < -0.3 is 14.2 Å². The highest BCUT2D eigenvalue weighted by Gasteiger charge is 2.17. The minimum absolute atomic E-state index is 0.0978. The Hall–Kier alpha value is -2.04. The van der Waals surface area contributed by atoms with Crippen molar-refractivity contribution in [1.82, 2.24) is 0 Å². The molecule has 0 aliphatic heterocycles. The van der Waals surface area contributed by atoms with Crippen LogP contribution < -0.4 is 4.74 Å². The largest absolute Gasteiger partial charge is 0.479 e. The summed E-state index contributed by atoms with van der Waals surface area (Å²) in [4.78, 5) is 22.5. The van der Waals surface area contributed by atoms with Crippen molar-refractivity contribution in [3.8, 4) is 5.75 Å². The Labute approximate surface area is 106 Å². The fraction of sp³-hybridized carbons (Fsp3) is 0.385. The van der Waals surface area contributed by atoms with Crippen molar-refractivity contribution in [2.45, 2.75) is 19.4 Å². The maximum absolute atomic E-state index is 11.3. The Morgan fingerprint density at radius 1 is 1.17 bits per heavy atom. The molecule has 0 bridgehead atoms. The molecule has 0 aromatic heterocycles. The van der Waals surface area contributed by atoms with Crippen LogP contribution in [0.2, 0.25) is 0 Å². The topological polar surface area (TPSA) is 61.8 Å². The van der Waals surface area contributed by atoms with Crippen molar-refractivity contribution in [3.05, 3.63) is 29.8 Å². The maximum atomic E-state index is 11.3. The minimum Gasteiger partial charge on any atom is -0.479 e. The van der Waals surface area contributed by atoms with E-state index in [9.17, 15) is 9.59 Å². The molecule has 5 heteroatoms. The van der Waals surface area contributed by atoms with Crippen LogP contribution in [0.3, 0.4) is 0 Å². The molecule has 0 radical (unpaired) electrons. The zero-order valence-corrected chi connectivity index (χ0v) is 10.6. The van der Waals surface area contributed by atoms with Crippen LogP contribution in [0, 0.1) is 0 Å². The summed E-state index contributed by atoms with van der Waals surface area (Å²) in [7, 11) is 2.62. The molecule has 18 heavy (non-hydrogen) atoms. The lowest BCUT2D eigenvalue weighted by Gasteiger charge is -2.15. The van der Waals surface area contributed by atoms with Crippen molar-refractivity contribution >= 4 is 11.9 Å². The molecule has 1 unspecified atom stereocenters. The van der Waals surface area contributed by atoms with Crippen LogP contribution in [-0.4, -0.2) is 32.3 Å². The molecule has 0 N–H and O–H groups in total. The van der Waals surface area contributed by atoms with E-state index in [1.165, 1.54) is 14.2 Å². The molecule has 0 saturated carbocycles. The first-order chi connectivity index (χ1) is 8.58. The zero-order chi connectivity index (χ0) is 13.5. The summed E-state index contributed by atoms with van der Waals surface area (Å²) in [5.41, 5.74) is 0.667. The standard InChI is InChI=1S/C13H16O5/c1-9(13(15)17-3)18-11-7-5-4-6-10(11)8-12(14)16-2/h4-7,9H,8H2,1-3H3. The normalized spacial score (nSPS) is 11.5. The highest BCUT2D eigenvalue weighted by molar-refractivity contribution is 5.75. The van der Waals surface area contributed by atoms with Gasteiger partial charge in [0.1, 0.15) is 5.75 Å². The van der Waals surface area contributed by atoms with Crippen LogP contribution >= 0.6 is 0 Å². The van der Waals surface area contributed by atoms with Gasteiger partial charge in [0.25, 0.3) is 0 Å². The van der Waals surface area contributed by atoms with E-state index in [2.05, 4.69) is 9.47 Å². The highest BCUT2D eigenvalue weighted by atomic mass is 16.6. The Bertz CT molecular complexity index is 427. The van der Waals surface area contributed by atoms with Gasteiger partial charge in [0.2, 0.25) is 0 Å². The van der Waals surface area contributed by atoms with E-state index in [0.29, 0.717) is 11.3 Å². The van der Waals surface area contributed by atoms with Crippen molar-refractivity contribution < 1.29 is 23.8 Å². The SMILES string of the molecule is COC(=O)Cc1ccccc1OC(C)C(=O)OC. The first-order valence-corrected chi connectivity index (χ1v) is 5.47. The van der Waals surface area contributed by atoms with E-state index >= 15 is 0 Å². The van der Waals surface area contributed by atoms with Crippen LogP contribution in [0.1, 0.15) is 12.5 Å². The van der Waals surface area contributed by atoms with Crippen molar-refractivity contribution in [2.24, 2.45) is 0 Å². The van der Waals surface area contributed by atoms with Gasteiger partial charge in [-0.1, -0.05) is 18.2 Å². The predicted molar refractivity (Wildman–Crippen MR) is 64.3 cm³/mol. The zero-order valence-electron chi connectivity index (χ0n) is 10.6. The van der Waals surface area contributed by atoms with Crippen molar-refractivity contribution in [2.75, 3.05) is 14.2 Å². The molecule has 5 nitrogen and oxygen atoms in total. The molecule has 0 fully saturated rings. The molecule has 1 aromatic rings. The lowest BCUT2D eigenvalue weighted by atomic mass is 10.1. The smallest absolute Gasteiger partial charge is 0.346 e. The summed E-state index contributed by atoms with van der Waals surface area (Å²) in [6.07, 6.45) is -0.630. The van der Waals surface area contributed by atoms with E-state index in [4.69, 9.17) is 4.74 Å². The molecule has 0 amide bonds. The van der Waals surface area contributed by atoms with Gasteiger partial charge in [-0.05, 0) is 13.0 Å². The minimum atomic E-state index is -0.728. The number of hydrogen-bond acceptors (Lipinski definition) is 5. The number of ether oxygens (including phenoxy) is 3. The third kappa shape index (κ3) is 3.76. The van der Waals surface area contributed by atoms with Gasteiger partial charge in [-0.3, -0.25) is 4.79 Å². The predicted octanol–water partition coefficient (Wildman–Crippen LogP) is 1.34. The van der Waals surface area contributed by atoms with Crippen LogP contribution in [0.4, 0.5) is 0 Å². The number of carbonyl (C=O) groups is 2. The summed E-state index contributed by atoms with van der Waals surface area (Å²) >= 11 is 0. The molecule has 1 rings (SSSR count). The van der Waals surface area contributed by atoms with Crippen molar-refractivity contribution in [3.63, 3.8) is 0 Å². The number of rotatable bonds is 5. The third-order valence-corrected chi connectivity index (χ3v) is 2.37. The van der Waals surface area contributed by atoms with Gasteiger partial charge in [0, 0.05) is 5.56 Å². The van der Waals surface area contributed by atoms with Crippen LogP contribution in [0.25, 0.3) is 0 Å². The number of para-hydroxylation sites is 1. The molecule has 0 heterocycles. The van der Waals surface area contributed by atoms with E-state index in [1.54, 1.807) is 31.2 Å². The molecular weight excluding hydrogens is 236 g/mol. The van der Waals surface area contributed by atoms with Crippen LogP contribution in [0.15, 0.2) is 24.3 Å². The van der Waals surface area contributed by atoms with E-state index in [1.807, 2.05) is 0 Å². The monoisotopic (exact) mass is 252 g/mol. The number of hydrogen-bond donors (Lipinski definition) is 0. The van der Waals surface area contributed by atoms with Gasteiger partial charge in [0.15, 0.2) is 6.10 Å². The average Bonchev–Trinajstić information content (AvgIpc) is 2.39. The summed E-state index contributed by atoms with van der Waals surface area (Å²) in [5, 5.41) is 0. The summed E-state index contributed by atoms with van der Waals surface area (Å²) < 4.78 is 14.6. The number of methoxy groups -OCH3 is 2. The number of benzene rings is 1. The van der Waals surface area contributed by atoms with Gasteiger partial charge >= 0.3 is 11.9 Å². The Morgan fingerprint density at radius 2 is 1.83 bits per heavy atom. The van der Waals surface area contributed by atoms with E-state index < -0.39 is 12.1 Å². The lowest BCUT2D eigenvalue weighted by Crippen LogP contribution is -2.25. The Balaban J connectivity index is 2.82. The average molecular weight is 252 g/mol. The lowest BCUT2D eigenvalue weighted by molar-refractivity contribution is -0.147. The molecule has 1 aromatic carbocycles. The second kappa shape index (κ2) is 6.64. The van der Waals surface area contributed by atoms with Gasteiger partial charge in [-0.15, -0.1) is 0 Å². The second-order valence-corrected chi connectivity index (χ2v) is 3.64. The van der Waals surface area contributed by atoms with Crippen LogP contribution in [-0.2, 0) is 25.5 Å². The Morgan fingerprint density at radius 3 is 2.44 bits per heavy atom. The molecule has 98 valence electrons. The van der Waals surface area contributed by atoms with Gasteiger partial charge in [-0.25, -0.2) is 4.79 Å². The van der Waals surface area contributed by atoms with E-state index in [-0.39, 0.29) is 12.4 Å². The van der Waals surface area contributed by atoms with Crippen LogP contribution in [0.5, 0.6) is 5.75 Å². The summed E-state index contributed by atoms with van der Waals surface area (Å²) in [5.74, 6) is -0.361. The summed E-state index contributed by atoms with van der Waals surface area (Å²) in [6, 6.07) is 6.99. The van der Waals surface area contributed by atoms with Crippen molar-refractivity contribution in [1.29, 1.82) is 0 Å². The molecule has 0 spiro atoms. The van der Waals surface area contributed by atoms with Gasteiger partial charge in [0.05, 0.1) is 20.6 Å². The highest BCUT2D eigenvalue weighted by Crippen LogP contribution is 2.20.